The number of sulfonamides is 1. The molecule has 1 aliphatic heterocycles. The Bertz CT molecular complexity index is 943. The lowest BCUT2D eigenvalue weighted by Gasteiger charge is -2.24. The lowest BCUT2D eigenvalue weighted by atomic mass is 10.0. The summed E-state index contributed by atoms with van der Waals surface area (Å²) in [6.07, 6.45) is 3.57. The fourth-order valence-electron chi connectivity index (χ4n) is 3.29. The van der Waals surface area contributed by atoms with E-state index in [-0.39, 0.29) is 23.2 Å². The van der Waals surface area contributed by atoms with Crippen LogP contribution in [0.15, 0.2) is 47.4 Å². The molecule has 7 heteroatoms. The van der Waals surface area contributed by atoms with Crippen molar-refractivity contribution in [2.45, 2.75) is 50.5 Å². The molecule has 2 aromatic carbocycles. The lowest BCUT2D eigenvalue weighted by Crippen LogP contribution is -2.32. The topological polar surface area (TPSA) is 66.5 Å². The number of anilines is 1. The molecule has 0 bridgehead atoms. The number of aryl methyl sites for hydroxylation is 1. The van der Waals surface area contributed by atoms with E-state index in [1.54, 1.807) is 24.3 Å². The minimum Gasteiger partial charge on any atom is -0.326 e. The Labute approximate surface area is 165 Å². The molecule has 0 aliphatic carbocycles. The Kier molecular flexibility index (Phi) is 6.46. The Balaban J connectivity index is 1.88. The van der Waals surface area contributed by atoms with Crippen LogP contribution in [-0.4, -0.2) is 25.2 Å². The number of nitrogens with zero attached hydrogens (tertiary/aromatic N) is 1. The molecule has 2 aromatic rings. The summed E-state index contributed by atoms with van der Waals surface area (Å²) >= 11 is 0. The lowest BCUT2D eigenvalue weighted by molar-refractivity contribution is -0.116. The van der Waals surface area contributed by atoms with Crippen molar-refractivity contribution in [1.82, 2.24) is 4.31 Å². The van der Waals surface area contributed by atoms with Crippen molar-refractivity contribution in [2.24, 2.45) is 0 Å². The van der Waals surface area contributed by atoms with Gasteiger partial charge in [0.05, 0.1) is 4.90 Å². The van der Waals surface area contributed by atoms with E-state index in [4.69, 9.17) is 0 Å². The predicted octanol–water partition coefficient (Wildman–Crippen LogP) is 4.09. The summed E-state index contributed by atoms with van der Waals surface area (Å²) in [5, 5.41) is 2.77. The molecule has 1 N–H and O–H groups in total. The van der Waals surface area contributed by atoms with E-state index in [0.717, 1.165) is 30.4 Å². The molecule has 0 aromatic heterocycles. The largest absolute Gasteiger partial charge is 0.326 e. The van der Waals surface area contributed by atoms with Crippen LogP contribution in [0.1, 0.15) is 43.7 Å². The molecule has 5 nitrogen and oxygen atoms in total. The third kappa shape index (κ3) is 4.77. The molecule has 0 radical (unpaired) electrons. The van der Waals surface area contributed by atoms with Gasteiger partial charge in [0.2, 0.25) is 15.9 Å². The monoisotopic (exact) mass is 404 g/mol. The fourth-order valence-corrected chi connectivity index (χ4v) is 4.80. The van der Waals surface area contributed by atoms with E-state index >= 15 is 0 Å². The highest BCUT2D eigenvalue weighted by molar-refractivity contribution is 7.89. The normalized spacial score (nSPS) is 14.0. The van der Waals surface area contributed by atoms with Gasteiger partial charge in [-0.25, -0.2) is 12.8 Å². The maximum atomic E-state index is 13.3. The minimum absolute atomic E-state index is 0.0550. The molecule has 0 unspecified atom stereocenters. The Morgan fingerprint density at radius 1 is 1.07 bits per heavy atom. The highest BCUT2D eigenvalue weighted by Gasteiger charge is 2.26. The van der Waals surface area contributed by atoms with E-state index in [1.807, 2.05) is 0 Å². The summed E-state index contributed by atoms with van der Waals surface area (Å²) in [6.45, 7) is 2.66. The van der Waals surface area contributed by atoms with Gasteiger partial charge in [-0.1, -0.05) is 31.9 Å². The number of halogens is 1. The van der Waals surface area contributed by atoms with Gasteiger partial charge >= 0.3 is 0 Å². The van der Waals surface area contributed by atoms with E-state index in [2.05, 4.69) is 12.2 Å². The Morgan fingerprint density at radius 3 is 2.54 bits per heavy atom. The standard InChI is InChI=1S/C21H25FN2O3S/c1-2-3-4-13-24(15-16-5-8-18(22)9-6-16)28(26,27)19-10-11-20-17(14-19)7-12-21(25)23-20/h5-6,8-11,14H,2-4,7,12-13,15H2,1H3,(H,23,25). The van der Waals surface area contributed by atoms with Crippen molar-refractivity contribution in [2.75, 3.05) is 11.9 Å². The van der Waals surface area contributed by atoms with E-state index in [0.29, 0.717) is 25.1 Å². The molecule has 0 atom stereocenters. The van der Waals surface area contributed by atoms with Crippen LogP contribution in [0.25, 0.3) is 0 Å². The molecule has 1 amide bonds. The van der Waals surface area contributed by atoms with Crippen molar-refractivity contribution >= 4 is 21.6 Å². The molecule has 0 spiro atoms. The van der Waals surface area contributed by atoms with Crippen LogP contribution in [0.3, 0.4) is 0 Å². The second-order valence-electron chi connectivity index (χ2n) is 7.04. The fraction of sp³-hybridized carbons (Fsp3) is 0.381. The second kappa shape index (κ2) is 8.84. The summed E-state index contributed by atoms with van der Waals surface area (Å²) in [7, 11) is -3.71. The molecule has 3 rings (SSSR count). The smallest absolute Gasteiger partial charge is 0.243 e. The highest BCUT2D eigenvalue weighted by Crippen LogP contribution is 2.28. The SMILES string of the molecule is CCCCCN(Cc1ccc(F)cc1)S(=O)(=O)c1ccc2c(c1)CCC(=O)N2. The first kappa shape index (κ1) is 20.5. The summed E-state index contributed by atoms with van der Waals surface area (Å²) in [5.41, 5.74) is 2.24. The van der Waals surface area contributed by atoms with Crippen molar-refractivity contribution in [3.8, 4) is 0 Å². The summed E-state index contributed by atoms with van der Waals surface area (Å²) in [6, 6.07) is 10.8. The number of hydrogen-bond donors (Lipinski definition) is 1. The van der Waals surface area contributed by atoms with Crippen LogP contribution in [0, 0.1) is 5.82 Å². The maximum Gasteiger partial charge on any atom is 0.243 e. The van der Waals surface area contributed by atoms with Crippen LogP contribution in [0.5, 0.6) is 0 Å². The molecule has 1 heterocycles. The van der Waals surface area contributed by atoms with Gasteiger partial charge < -0.3 is 5.32 Å². The first-order chi connectivity index (χ1) is 13.4. The second-order valence-corrected chi connectivity index (χ2v) is 8.98. The van der Waals surface area contributed by atoms with E-state index < -0.39 is 10.0 Å². The Hall–Kier alpha value is -2.25. The van der Waals surface area contributed by atoms with Gasteiger partial charge in [0.25, 0.3) is 0 Å². The quantitative estimate of drug-likeness (QED) is 0.674. The average molecular weight is 405 g/mol. The summed E-state index contributed by atoms with van der Waals surface area (Å²) in [4.78, 5) is 11.7. The number of rotatable bonds is 8. The average Bonchev–Trinajstić information content (AvgIpc) is 2.68. The maximum absolute atomic E-state index is 13.3. The van der Waals surface area contributed by atoms with E-state index in [1.165, 1.54) is 22.5 Å². The van der Waals surface area contributed by atoms with Crippen molar-refractivity contribution in [3.63, 3.8) is 0 Å². The number of amides is 1. The van der Waals surface area contributed by atoms with Crippen molar-refractivity contribution in [3.05, 3.63) is 59.4 Å². The number of carbonyl (C=O) groups excluding carboxylic acids is 1. The minimum atomic E-state index is -3.71. The number of nitrogens with one attached hydrogen (secondary N) is 1. The van der Waals surface area contributed by atoms with Crippen LogP contribution in [0.2, 0.25) is 0 Å². The first-order valence-electron chi connectivity index (χ1n) is 9.57. The zero-order valence-corrected chi connectivity index (χ0v) is 16.8. The third-order valence-corrected chi connectivity index (χ3v) is 6.73. The first-order valence-corrected chi connectivity index (χ1v) is 11.0. The van der Waals surface area contributed by atoms with Crippen LogP contribution < -0.4 is 5.32 Å². The molecule has 0 fully saturated rings. The highest BCUT2D eigenvalue weighted by atomic mass is 32.2. The molecule has 0 saturated heterocycles. The summed E-state index contributed by atoms with van der Waals surface area (Å²) in [5.74, 6) is -0.401. The van der Waals surface area contributed by atoms with Crippen molar-refractivity contribution in [1.29, 1.82) is 0 Å². The van der Waals surface area contributed by atoms with Gasteiger partial charge in [-0.15, -0.1) is 0 Å². The number of unbranched alkanes of at least 4 members (excludes halogenated alkanes) is 2. The molecular weight excluding hydrogens is 379 g/mol. The van der Waals surface area contributed by atoms with Crippen LogP contribution >= 0.6 is 0 Å². The van der Waals surface area contributed by atoms with Gasteiger partial charge in [-0.05, 0) is 54.3 Å². The number of carbonyl (C=O) groups is 1. The molecule has 0 saturated carbocycles. The van der Waals surface area contributed by atoms with Gasteiger partial charge in [-0.2, -0.15) is 4.31 Å². The van der Waals surface area contributed by atoms with Gasteiger partial charge in [0.15, 0.2) is 0 Å². The Morgan fingerprint density at radius 2 is 1.82 bits per heavy atom. The zero-order chi connectivity index (χ0) is 20.1. The molecule has 150 valence electrons. The molecule has 28 heavy (non-hydrogen) atoms. The van der Waals surface area contributed by atoms with Crippen molar-refractivity contribution < 1.29 is 17.6 Å². The predicted molar refractivity (Wildman–Crippen MR) is 107 cm³/mol. The molecule has 1 aliphatic rings. The van der Waals surface area contributed by atoms with E-state index in [9.17, 15) is 17.6 Å². The third-order valence-electron chi connectivity index (χ3n) is 4.89. The number of hydrogen-bond acceptors (Lipinski definition) is 3. The van der Waals surface area contributed by atoms with Crippen LogP contribution in [0.4, 0.5) is 10.1 Å². The number of fused-ring (bicyclic) bond motifs is 1. The summed E-state index contributed by atoms with van der Waals surface area (Å²) < 4.78 is 41.3. The van der Waals surface area contributed by atoms with Gasteiger partial charge in [0, 0.05) is 25.2 Å². The molecular formula is C21H25FN2O3S. The van der Waals surface area contributed by atoms with Crippen LogP contribution in [-0.2, 0) is 27.8 Å². The zero-order valence-electron chi connectivity index (χ0n) is 15.9. The van der Waals surface area contributed by atoms with Gasteiger partial charge in [-0.3, -0.25) is 4.79 Å². The number of benzene rings is 2. The van der Waals surface area contributed by atoms with Gasteiger partial charge in [0.1, 0.15) is 5.82 Å².